The molecule has 1 amide bonds. The quantitative estimate of drug-likeness (QED) is 0.342. The summed E-state index contributed by atoms with van der Waals surface area (Å²) >= 11 is 0. The van der Waals surface area contributed by atoms with Gasteiger partial charge < -0.3 is 19.9 Å². The Labute approximate surface area is 232 Å². The number of carbonyl (C=O) groups is 1. The fraction of sp³-hybridized carbons (Fsp3) is 0.367. The molecule has 208 valence electrons. The number of ether oxygens (including phenoxy) is 1. The Kier molecular flexibility index (Phi) is 9.48. The predicted molar refractivity (Wildman–Crippen MR) is 157 cm³/mol. The number of anilines is 3. The van der Waals surface area contributed by atoms with Crippen LogP contribution in [0.3, 0.4) is 0 Å². The van der Waals surface area contributed by atoms with E-state index in [9.17, 15) is 13.2 Å². The van der Waals surface area contributed by atoms with Gasteiger partial charge in [0.2, 0.25) is 15.9 Å². The highest BCUT2D eigenvalue weighted by molar-refractivity contribution is 7.89. The zero-order valence-corrected chi connectivity index (χ0v) is 23.7. The molecule has 3 aromatic carbocycles. The molecule has 0 radical (unpaired) electrons. The molecule has 39 heavy (non-hydrogen) atoms. The molecule has 0 spiro atoms. The van der Waals surface area contributed by atoms with Gasteiger partial charge in [-0.05, 0) is 61.4 Å². The Morgan fingerprint density at radius 3 is 2.26 bits per heavy atom. The number of sulfonamides is 1. The van der Waals surface area contributed by atoms with Gasteiger partial charge in [0.05, 0.1) is 12.8 Å². The molecule has 0 aliphatic carbocycles. The summed E-state index contributed by atoms with van der Waals surface area (Å²) in [5.41, 5.74) is 3.08. The van der Waals surface area contributed by atoms with Crippen LogP contribution in [0.4, 0.5) is 17.1 Å². The molecule has 1 saturated heterocycles. The minimum Gasteiger partial charge on any atom is -0.497 e. The van der Waals surface area contributed by atoms with E-state index in [1.807, 2.05) is 68.4 Å². The summed E-state index contributed by atoms with van der Waals surface area (Å²) in [5, 5.41) is 2.87. The number of hydrogen-bond donors (Lipinski definition) is 2. The average Bonchev–Trinajstić information content (AvgIpc) is 2.96. The van der Waals surface area contributed by atoms with E-state index < -0.39 is 16.1 Å². The Balaban J connectivity index is 1.57. The molecule has 8 nitrogen and oxygen atoms in total. The second-order valence-electron chi connectivity index (χ2n) is 9.76. The van der Waals surface area contributed by atoms with Gasteiger partial charge in [-0.15, -0.1) is 0 Å². The second-order valence-corrected chi connectivity index (χ2v) is 11.4. The summed E-state index contributed by atoms with van der Waals surface area (Å²) in [5.74, 6) is 0.693. The highest BCUT2D eigenvalue weighted by Crippen LogP contribution is 2.31. The fourth-order valence-electron chi connectivity index (χ4n) is 4.73. The van der Waals surface area contributed by atoms with E-state index in [2.05, 4.69) is 19.8 Å². The lowest BCUT2D eigenvalue weighted by molar-refractivity contribution is -0.116. The summed E-state index contributed by atoms with van der Waals surface area (Å²) in [6.07, 6.45) is 2.09. The molecule has 1 heterocycles. The minimum absolute atomic E-state index is 0.119. The van der Waals surface area contributed by atoms with Crippen molar-refractivity contribution in [1.29, 1.82) is 0 Å². The topological polar surface area (TPSA) is 91.0 Å². The number of rotatable bonds is 11. The first-order valence-electron chi connectivity index (χ1n) is 13.5. The van der Waals surface area contributed by atoms with Crippen LogP contribution in [0.5, 0.6) is 5.75 Å². The first-order valence-corrected chi connectivity index (χ1v) is 14.9. The van der Waals surface area contributed by atoms with Gasteiger partial charge in [0.25, 0.3) is 0 Å². The SMILES string of the molecule is CCCCC(=O)Nc1ccc(N2CCN(c3ccc(OC)cc3)CC2)c(S(=O)(=O)NC(C)c2ccccc2)c1. The average molecular weight is 551 g/mol. The molecular formula is C30H38N4O4S. The molecule has 9 heteroatoms. The normalized spacial score (nSPS) is 14.6. The van der Waals surface area contributed by atoms with Gasteiger partial charge in [0.1, 0.15) is 10.6 Å². The van der Waals surface area contributed by atoms with E-state index in [1.54, 1.807) is 25.3 Å². The third kappa shape index (κ3) is 7.30. The smallest absolute Gasteiger partial charge is 0.243 e. The monoisotopic (exact) mass is 550 g/mol. The number of benzene rings is 3. The lowest BCUT2D eigenvalue weighted by atomic mass is 10.1. The van der Waals surface area contributed by atoms with E-state index in [-0.39, 0.29) is 10.8 Å². The van der Waals surface area contributed by atoms with Gasteiger partial charge in [-0.2, -0.15) is 0 Å². The van der Waals surface area contributed by atoms with Crippen LogP contribution < -0.4 is 24.6 Å². The van der Waals surface area contributed by atoms with E-state index in [1.165, 1.54) is 0 Å². The van der Waals surface area contributed by atoms with Crippen molar-refractivity contribution in [3.8, 4) is 5.75 Å². The highest BCUT2D eigenvalue weighted by Gasteiger charge is 2.27. The third-order valence-electron chi connectivity index (χ3n) is 6.98. The Morgan fingerprint density at radius 2 is 1.62 bits per heavy atom. The molecule has 0 saturated carbocycles. The number of nitrogens with one attached hydrogen (secondary N) is 2. The molecule has 1 aliphatic heterocycles. The summed E-state index contributed by atoms with van der Waals surface area (Å²) in [7, 11) is -2.26. The van der Waals surface area contributed by atoms with Crippen LogP contribution in [0.1, 0.15) is 44.7 Å². The van der Waals surface area contributed by atoms with Gasteiger partial charge in [-0.3, -0.25) is 4.79 Å². The van der Waals surface area contributed by atoms with E-state index in [0.29, 0.717) is 30.9 Å². The fourth-order valence-corrected chi connectivity index (χ4v) is 6.22. The molecule has 1 fully saturated rings. The van der Waals surface area contributed by atoms with Gasteiger partial charge in [0, 0.05) is 50.0 Å². The molecule has 1 atom stereocenters. The summed E-state index contributed by atoms with van der Waals surface area (Å²) < 4.78 is 35.6. The maximum atomic E-state index is 13.8. The number of nitrogens with zero attached hydrogens (tertiary/aromatic N) is 2. The molecular weight excluding hydrogens is 512 g/mol. The molecule has 0 aromatic heterocycles. The van der Waals surface area contributed by atoms with Crippen molar-refractivity contribution in [1.82, 2.24) is 4.72 Å². The molecule has 2 N–H and O–H groups in total. The number of amides is 1. The molecule has 1 aliphatic rings. The Morgan fingerprint density at radius 1 is 0.949 bits per heavy atom. The highest BCUT2D eigenvalue weighted by atomic mass is 32.2. The lowest BCUT2D eigenvalue weighted by Gasteiger charge is -2.38. The number of unbranched alkanes of at least 4 members (excludes halogenated alkanes) is 1. The van der Waals surface area contributed by atoms with Crippen LogP contribution in [-0.4, -0.2) is 47.6 Å². The molecule has 4 rings (SSSR count). The van der Waals surface area contributed by atoms with Gasteiger partial charge in [-0.1, -0.05) is 43.7 Å². The van der Waals surface area contributed by atoms with E-state index in [0.717, 1.165) is 42.9 Å². The first-order chi connectivity index (χ1) is 18.8. The zero-order valence-electron chi connectivity index (χ0n) is 22.9. The van der Waals surface area contributed by atoms with Crippen molar-refractivity contribution in [2.75, 3.05) is 48.4 Å². The summed E-state index contributed by atoms with van der Waals surface area (Å²) in [4.78, 5) is 16.9. The maximum absolute atomic E-state index is 13.8. The van der Waals surface area contributed by atoms with Crippen LogP contribution >= 0.6 is 0 Å². The van der Waals surface area contributed by atoms with Gasteiger partial charge in [0.15, 0.2) is 0 Å². The number of hydrogen-bond acceptors (Lipinski definition) is 6. The summed E-state index contributed by atoms with van der Waals surface area (Å²) in [6.45, 7) is 6.66. The largest absolute Gasteiger partial charge is 0.497 e. The van der Waals surface area contributed by atoms with Crippen LogP contribution in [-0.2, 0) is 14.8 Å². The Hall–Kier alpha value is -3.56. The zero-order chi connectivity index (χ0) is 27.8. The van der Waals surface area contributed by atoms with Crippen molar-refractivity contribution in [2.45, 2.75) is 44.0 Å². The molecule has 3 aromatic rings. The standard InChI is InChI=1S/C30H38N4O4S/c1-4-5-11-30(35)31-25-12-17-28(29(22-25)39(36,37)32-23(2)24-9-7-6-8-10-24)34-20-18-33(19-21-34)26-13-15-27(38-3)16-14-26/h6-10,12-17,22-23,32H,4-5,11,18-21H2,1-3H3,(H,31,35). The second kappa shape index (κ2) is 13.0. The van der Waals surface area contributed by atoms with E-state index >= 15 is 0 Å². The van der Waals surface area contributed by atoms with Crippen molar-refractivity contribution in [3.63, 3.8) is 0 Å². The van der Waals surface area contributed by atoms with Gasteiger partial charge >= 0.3 is 0 Å². The number of piperazine rings is 1. The maximum Gasteiger partial charge on any atom is 0.243 e. The van der Waals surface area contributed by atoms with Gasteiger partial charge in [-0.25, -0.2) is 13.1 Å². The van der Waals surface area contributed by atoms with Crippen LogP contribution in [0.15, 0.2) is 77.7 Å². The molecule has 1 unspecified atom stereocenters. The van der Waals surface area contributed by atoms with Crippen LogP contribution in [0, 0.1) is 0 Å². The van der Waals surface area contributed by atoms with Crippen LogP contribution in [0.2, 0.25) is 0 Å². The van der Waals surface area contributed by atoms with Crippen molar-refractivity contribution in [3.05, 3.63) is 78.4 Å². The lowest BCUT2D eigenvalue weighted by Crippen LogP contribution is -2.47. The number of carbonyl (C=O) groups excluding carboxylic acids is 1. The van der Waals surface area contributed by atoms with Crippen LogP contribution in [0.25, 0.3) is 0 Å². The third-order valence-corrected chi connectivity index (χ3v) is 8.55. The van der Waals surface area contributed by atoms with Crippen molar-refractivity contribution < 1.29 is 17.9 Å². The minimum atomic E-state index is -3.91. The van der Waals surface area contributed by atoms with Crippen molar-refractivity contribution >= 4 is 33.0 Å². The molecule has 0 bridgehead atoms. The first kappa shape index (κ1) is 28.4. The van der Waals surface area contributed by atoms with E-state index in [4.69, 9.17) is 4.74 Å². The summed E-state index contributed by atoms with van der Waals surface area (Å²) in [6, 6.07) is 22.2. The Bertz CT molecular complexity index is 1340. The number of methoxy groups -OCH3 is 1. The predicted octanol–water partition coefficient (Wildman–Crippen LogP) is 5.19. The van der Waals surface area contributed by atoms with Crippen molar-refractivity contribution in [2.24, 2.45) is 0 Å².